The lowest BCUT2D eigenvalue weighted by atomic mass is 10.1. The van der Waals surface area contributed by atoms with Crippen molar-refractivity contribution in [2.75, 3.05) is 26.2 Å². The molecular weight excluding hydrogens is 353 g/mol. The van der Waals surface area contributed by atoms with Crippen molar-refractivity contribution in [2.45, 2.75) is 12.3 Å². The number of halogens is 4. The molecule has 0 radical (unpaired) electrons. The van der Waals surface area contributed by atoms with Crippen LogP contribution in [0.4, 0.5) is 13.2 Å². The molecule has 1 fully saturated rings. The van der Waals surface area contributed by atoms with E-state index in [1.54, 1.807) is 0 Å². The molecule has 1 aromatic rings. The molecule has 0 bridgehead atoms. The number of carbonyl (C=O) groups excluding carboxylic acids is 1. The molecule has 21 heavy (non-hydrogen) atoms. The topological polar surface area (TPSA) is 50.4 Å². The molecular formula is C13H14BrF3N2O2. The monoisotopic (exact) mass is 366 g/mol. The van der Waals surface area contributed by atoms with E-state index in [9.17, 15) is 18.0 Å². The standard InChI is InChI=1S/C13H14BrF3N2O2/c14-11-2-1-8(5-10(11)13(15,16)17)12(20)19-7-9-6-18-3-4-21-9/h1-2,5,9,18H,3-4,6-7H2,(H,19,20). The summed E-state index contributed by atoms with van der Waals surface area (Å²) in [5.41, 5.74) is -0.903. The summed E-state index contributed by atoms with van der Waals surface area (Å²) < 4.78 is 43.6. The third-order valence-corrected chi connectivity index (χ3v) is 3.72. The van der Waals surface area contributed by atoms with E-state index < -0.39 is 17.6 Å². The predicted molar refractivity (Wildman–Crippen MR) is 74.1 cm³/mol. The van der Waals surface area contributed by atoms with Gasteiger partial charge in [0.2, 0.25) is 0 Å². The van der Waals surface area contributed by atoms with Crippen LogP contribution in [0.15, 0.2) is 22.7 Å². The first-order chi connectivity index (χ1) is 9.88. The summed E-state index contributed by atoms with van der Waals surface area (Å²) in [6.45, 7) is 2.17. The highest BCUT2D eigenvalue weighted by Crippen LogP contribution is 2.35. The van der Waals surface area contributed by atoms with Crippen molar-refractivity contribution >= 4 is 21.8 Å². The molecule has 4 nitrogen and oxygen atoms in total. The van der Waals surface area contributed by atoms with Gasteiger partial charge in [0, 0.05) is 29.7 Å². The Hall–Kier alpha value is -1.12. The SMILES string of the molecule is O=C(NCC1CNCCO1)c1ccc(Br)c(C(F)(F)F)c1. The van der Waals surface area contributed by atoms with E-state index in [1.807, 2.05) is 0 Å². The second-order valence-electron chi connectivity index (χ2n) is 4.60. The number of rotatable bonds is 3. The van der Waals surface area contributed by atoms with Gasteiger partial charge in [-0.25, -0.2) is 0 Å². The normalized spacial score (nSPS) is 19.3. The van der Waals surface area contributed by atoms with Gasteiger partial charge in [-0.05, 0) is 18.2 Å². The molecule has 1 unspecified atom stereocenters. The quantitative estimate of drug-likeness (QED) is 0.861. The van der Waals surface area contributed by atoms with E-state index in [2.05, 4.69) is 26.6 Å². The molecule has 2 rings (SSSR count). The minimum Gasteiger partial charge on any atom is -0.374 e. The fourth-order valence-corrected chi connectivity index (χ4v) is 2.41. The van der Waals surface area contributed by atoms with Crippen molar-refractivity contribution in [1.82, 2.24) is 10.6 Å². The summed E-state index contributed by atoms with van der Waals surface area (Å²) in [6.07, 6.45) is -4.67. The van der Waals surface area contributed by atoms with Crippen molar-refractivity contribution in [3.8, 4) is 0 Å². The third kappa shape index (κ3) is 4.42. The van der Waals surface area contributed by atoms with Gasteiger partial charge in [0.1, 0.15) is 0 Å². The lowest BCUT2D eigenvalue weighted by Gasteiger charge is -2.23. The molecule has 1 atom stereocenters. The lowest BCUT2D eigenvalue weighted by molar-refractivity contribution is -0.138. The van der Waals surface area contributed by atoms with Gasteiger partial charge >= 0.3 is 6.18 Å². The van der Waals surface area contributed by atoms with Crippen LogP contribution >= 0.6 is 15.9 Å². The maximum atomic E-state index is 12.8. The summed E-state index contributed by atoms with van der Waals surface area (Å²) in [5.74, 6) is -0.554. The lowest BCUT2D eigenvalue weighted by Crippen LogP contribution is -2.45. The van der Waals surface area contributed by atoms with Gasteiger partial charge in [-0.1, -0.05) is 15.9 Å². The van der Waals surface area contributed by atoms with Crippen molar-refractivity contribution in [2.24, 2.45) is 0 Å². The highest BCUT2D eigenvalue weighted by molar-refractivity contribution is 9.10. The highest BCUT2D eigenvalue weighted by Gasteiger charge is 2.33. The van der Waals surface area contributed by atoms with Crippen LogP contribution in [-0.2, 0) is 10.9 Å². The maximum absolute atomic E-state index is 12.8. The highest BCUT2D eigenvalue weighted by atomic mass is 79.9. The molecule has 0 saturated carbocycles. The van der Waals surface area contributed by atoms with Gasteiger partial charge in [0.05, 0.1) is 18.3 Å². The molecule has 1 aliphatic rings. The van der Waals surface area contributed by atoms with E-state index >= 15 is 0 Å². The molecule has 1 saturated heterocycles. The third-order valence-electron chi connectivity index (χ3n) is 3.03. The van der Waals surface area contributed by atoms with Crippen LogP contribution in [0.1, 0.15) is 15.9 Å². The Labute approximate surface area is 128 Å². The first kappa shape index (κ1) is 16.3. The first-order valence-corrected chi connectivity index (χ1v) is 7.14. The second-order valence-corrected chi connectivity index (χ2v) is 5.45. The number of ether oxygens (including phenoxy) is 1. The van der Waals surface area contributed by atoms with Crippen LogP contribution in [0.3, 0.4) is 0 Å². The van der Waals surface area contributed by atoms with Crippen molar-refractivity contribution in [3.05, 3.63) is 33.8 Å². The minimum absolute atomic E-state index is 0.0331. The van der Waals surface area contributed by atoms with Gasteiger partial charge in [0.15, 0.2) is 0 Å². The Kier molecular flexibility index (Phi) is 5.23. The summed E-state index contributed by atoms with van der Waals surface area (Å²) in [6, 6.07) is 3.39. The van der Waals surface area contributed by atoms with E-state index in [0.29, 0.717) is 13.2 Å². The zero-order chi connectivity index (χ0) is 15.5. The van der Waals surface area contributed by atoms with Crippen LogP contribution in [0.5, 0.6) is 0 Å². The number of amides is 1. The summed E-state index contributed by atoms with van der Waals surface area (Å²) in [4.78, 5) is 11.9. The Balaban J connectivity index is 2.02. The number of benzene rings is 1. The fourth-order valence-electron chi connectivity index (χ4n) is 1.94. The van der Waals surface area contributed by atoms with Gasteiger partial charge < -0.3 is 15.4 Å². The molecule has 0 aliphatic carbocycles. The van der Waals surface area contributed by atoms with E-state index in [-0.39, 0.29) is 22.7 Å². The van der Waals surface area contributed by atoms with Gasteiger partial charge in [0.25, 0.3) is 5.91 Å². The maximum Gasteiger partial charge on any atom is 0.417 e. The van der Waals surface area contributed by atoms with Crippen LogP contribution in [0, 0.1) is 0 Å². The molecule has 0 aromatic heterocycles. The Bertz CT molecular complexity index is 517. The molecule has 1 aromatic carbocycles. The number of alkyl halides is 3. The van der Waals surface area contributed by atoms with Gasteiger partial charge in [-0.15, -0.1) is 0 Å². The number of morpholine rings is 1. The number of hydrogen-bond acceptors (Lipinski definition) is 3. The zero-order valence-electron chi connectivity index (χ0n) is 11.0. The molecule has 2 N–H and O–H groups in total. The molecule has 1 aliphatic heterocycles. The largest absolute Gasteiger partial charge is 0.417 e. The summed E-state index contributed by atoms with van der Waals surface area (Å²) in [5, 5.41) is 5.68. The van der Waals surface area contributed by atoms with Crippen molar-refractivity contribution < 1.29 is 22.7 Å². The smallest absolute Gasteiger partial charge is 0.374 e. The first-order valence-electron chi connectivity index (χ1n) is 6.35. The van der Waals surface area contributed by atoms with Crippen LogP contribution in [-0.4, -0.2) is 38.3 Å². The second kappa shape index (κ2) is 6.76. The number of hydrogen-bond donors (Lipinski definition) is 2. The van der Waals surface area contributed by atoms with Crippen molar-refractivity contribution in [3.63, 3.8) is 0 Å². The molecule has 8 heteroatoms. The molecule has 0 spiro atoms. The summed E-state index contributed by atoms with van der Waals surface area (Å²) >= 11 is 2.84. The Morgan fingerprint density at radius 1 is 1.48 bits per heavy atom. The van der Waals surface area contributed by atoms with E-state index in [4.69, 9.17) is 4.74 Å². The van der Waals surface area contributed by atoms with Crippen LogP contribution in [0.25, 0.3) is 0 Å². The van der Waals surface area contributed by atoms with Crippen LogP contribution < -0.4 is 10.6 Å². The number of carbonyl (C=O) groups is 1. The minimum atomic E-state index is -4.51. The summed E-state index contributed by atoms with van der Waals surface area (Å²) in [7, 11) is 0. The average molecular weight is 367 g/mol. The average Bonchev–Trinajstić information content (AvgIpc) is 2.45. The van der Waals surface area contributed by atoms with E-state index in [0.717, 1.165) is 12.6 Å². The van der Waals surface area contributed by atoms with Crippen LogP contribution in [0.2, 0.25) is 0 Å². The fraction of sp³-hybridized carbons (Fsp3) is 0.462. The van der Waals surface area contributed by atoms with Gasteiger partial charge in [-0.3, -0.25) is 4.79 Å². The van der Waals surface area contributed by atoms with Crippen molar-refractivity contribution in [1.29, 1.82) is 0 Å². The van der Waals surface area contributed by atoms with E-state index in [1.165, 1.54) is 12.1 Å². The Morgan fingerprint density at radius 3 is 2.86 bits per heavy atom. The molecule has 1 heterocycles. The molecule has 1 amide bonds. The predicted octanol–water partition coefficient (Wildman–Crippen LogP) is 2.19. The zero-order valence-corrected chi connectivity index (χ0v) is 12.6. The Morgan fingerprint density at radius 2 is 2.24 bits per heavy atom. The molecule has 116 valence electrons. The van der Waals surface area contributed by atoms with Gasteiger partial charge in [-0.2, -0.15) is 13.2 Å². The number of nitrogens with one attached hydrogen (secondary N) is 2.